The van der Waals surface area contributed by atoms with Gasteiger partial charge in [0.05, 0.1) is 6.04 Å². The second-order valence-corrected chi connectivity index (χ2v) is 7.76. The fourth-order valence-corrected chi connectivity index (χ4v) is 2.68. The van der Waals surface area contributed by atoms with Crippen molar-refractivity contribution in [2.24, 2.45) is 33.7 Å². The van der Waals surface area contributed by atoms with E-state index >= 15 is 0 Å². The summed E-state index contributed by atoms with van der Waals surface area (Å²) in [7, 11) is 0. The van der Waals surface area contributed by atoms with E-state index in [0.29, 0.717) is 0 Å². The molecule has 4 atom stereocenters. The summed E-state index contributed by atoms with van der Waals surface area (Å²) >= 11 is 0. The van der Waals surface area contributed by atoms with Crippen molar-refractivity contribution in [1.29, 1.82) is 0 Å². The minimum absolute atomic E-state index is 0.0343. The van der Waals surface area contributed by atoms with E-state index in [0.717, 1.165) is 0 Å². The number of aliphatic imine (C=N–C) groups is 1. The first-order valence-corrected chi connectivity index (χ1v) is 10.8. The molecule has 0 spiro atoms. The van der Waals surface area contributed by atoms with E-state index in [1.165, 1.54) is 6.92 Å². The summed E-state index contributed by atoms with van der Waals surface area (Å²) in [4.78, 5) is 74.8. The van der Waals surface area contributed by atoms with Crippen LogP contribution in [0.3, 0.4) is 0 Å². The number of hydrogen-bond donors (Lipinski definition) is 9. The number of guanidine groups is 1. The molecule has 198 valence electrons. The van der Waals surface area contributed by atoms with Crippen molar-refractivity contribution < 1.29 is 33.9 Å². The Morgan fingerprint density at radius 1 is 0.771 bits per heavy atom. The van der Waals surface area contributed by atoms with E-state index in [1.54, 1.807) is 0 Å². The molecular formula is C19H35N9O7. The second kappa shape index (κ2) is 15.8. The summed E-state index contributed by atoms with van der Waals surface area (Å²) < 4.78 is 0. The Hall–Kier alpha value is -3.95. The zero-order valence-electron chi connectivity index (χ0n) is 19.5. The fourth-order valence-electron chi connectivity index (χ4n) is 2.68. The summed E-state index contributed by atoms with van der Waals surface area (Å²) in [6.45, 7) is 1.35. The Labute approximate surface area is 201 Å². The number of carbonyl (C=O) groups excluding carboxylic acids is 5. The summed E-state index contributed by atoms with van der Waals surface area (Å²) in [5, 5.41) is 16.0. The fraction of sp³-hybridized carbons (Fsp3) is 0.632. The van der Waals surface area contributed by atoms with Gasteiger partial charge >= 0.3 is 5.97 Å². The van der Waals surface area contributed by atoms with Crippen LogP contribution in [-0.2, 0) is 28.8 Å². The number of nitrogens with one attached hydrogen (secondary N) is 3. The number of nitrogens with two attached hydrogens (primary N) is 5. The van der Waals surface area contributed by atoms with Gasteiger partial charge in [0, 0.05) is 19.4 Å². The number of hydrogen-bond acceptors (Lipinski definition) is 8. The number of nitrogens with zero attached hydrogens (tertiary/aromatic N) is 1. The number of primary amides is 2. The first kappa shape index (κ1) is 31.0. The van der Waals surface area contributed by atoms with Gasteiger partial charge < -0.3 is 49.7 Å². The molecule has 0 aliphatic carbocycles. The Morgan fingerprint density at radius 2 is 1.26 bits per heavy atom. The molecule has 14 N–H and O–H groups in total. The van der Waals surface area contributed by atoms with Crippen molar-refractivity contribution in [3.8, 4) is 0 Å². The lowest BCUT2D eigenvalue weighted by Gasteiger charge is -2.24. The van der Waals surface area contributed by atoms with Crippen LogP contribution >= 0.6 is 0 Å². The van der Waals surface area contributed by atoms with E-state index in [9.17, 15) is 28.8 Å². The standard InChI is InChI=1S/C19H35N9O7/c1-9(18(34)35)26-16(32)12(5-7-14(22)30)28-17(33)11(3-2-8-25-19(23)24)27-15(31)10(20)4-6-13(21)29/h9-12H,2-8,20H2,1H3,(H2,21,29)(H2,22,30)(H,26,32)(H,27,31)(H,28,33)(H,34,35)(H4,23,24,25). The highest BCUT2D eigenvalue weighted by atomic mass is 16.4. The highest BCUT2D eigenvalue weighted by Crippen LogP contribution is 2.05. The molecule has 0 fully saturated rings. The van der Waals surface area contributed by atoms with Gasteiger partial charge in [0.1, 0.15) is 18.1 Å². The van der Waals surface area contributed by atoms with E-state index in [4.69, 9.17) is 33.8 Å². The summed E-state index contributed by atoms with van der Waals surface area (Å²) in [5.74, 6) is -5.29. The van der Waals surface area contributed by atoms with Gasteiger partial charge in [-0.2, -0.15) is 0 Å². The first-order chi connectivity index (χ1) is 16.2. The second-order valence-electron chi connectivity index (χ2n) is 7.76. The molecule has 16 heteroatoms. The number of carboxylic acids is 1. The molecule has 0 heterocycles. The minimum atomic E-state index is -1.32. The zero-order valence-corrected chi connectivity index (χ0v) is 19.5. The third-order valence-corrected chi connectivity index (χ3v) is 4.66. The van der Waals surface area contributed by atoms with Crippen LogP contribution < -0.4 is 44.6 Å². The highest BCUT2D eigenvalue weighted by Gasteiger charge is 2.29. The maximum Gasteiger partial charge on any atom is 0.325 e. The summed E-state index contributed by atoms with van der Waals surface area (Å²) in [6, 6.07) is -4.93. The molecule has 0 rings (SSSR count). The van der Waals surface area contributed by atoms with Crippen LogP contribution in [0.2, 0.25) is 0 Å². The number of aliphatic carboxylic acids is 1. The maximum absolute atomic E-state index is 12.9. The molecule has 0 aromatic carbocycles. The molecule has 35 heavy (non-hydrogen) atoms. The average molecular weight is 502 g/mol. The lowest BCUT2D eigenvalue weighted by molar-refractivity contribution is -0.142. The van der Waals surface area contributed by atoms with Gasteiger partial charge in [-0.25, -0.2) is 0 Å². The summed E-state index contributed by atoms with van der Waals surface area (Å²) in [6.07, 6.45) is -0.410. The number of carbonyl (C=O) groups is 6. The Bertz CT molecular complexity index is 814. The van der Waals surface area contributed by atoms with Crippen molar-refractivity contribution in [2.45, 2.75) is 69.6 Å². The van der Waals surface area contributed by atoms with Crippen LogP contribution in [0.1, 0.15) is 45.4 Å². The Morgan fingerprint density at radius 3 is 1.77 bits per heavy atom. The SMILES string of the molecule is CC(NC(=O)C(CCC(N)=O)NC(=O)C(CCCN=C(N)N)NC(=O)C(N)CCC(N)=O)C(=O)O. The molecule has 0 aromatic heterocycles. The van der Waals surface area contributed by atoms with Crippen molar-refractivity contribution in [1.82, 2.24) is 16.0 Å². The van der Waals surface area contributed by atoms with Gasteiger partial charge in [0.25, 0.3) is 0 Å². The largest absolute Gasteiger partial charge is 0.480 e. The molecule has 0 saturated heterocycles. The van der Waals surface area contributed by atoms with Crippen molar-refractivity contribution >= 4 is 41.5 Å². The minimum Gasteiger partial charge on any atom is -0.480 e. The molecule has 0 aliphatic heterocycles. The van der Waals surface area contributed by atoms with E-state index in [-0.39, 0.29) is 51.0 Å². The van der Waals surface area contributed by atoms with Gasteiger partial charge in [-0.15, -0.1) is 0 Å². The van der Waals surface area contributed by atoms with Crippen LogP contribution in [0.25, 0.3) is 0 Å². The van der Waals surface area contributed by atoms with Crippen molar-refractivity contribution in [3.05, 3.63) is 0 Å². The molecule has 0 radical (unpaired) electrons. The average Bonchev–Trinajstić information content (AvgIpc) is 2.75. The smallest absolute Gasteiger partial charge is 0.325 e. The number of rotatable bonds is 17. The van der Waals surface area contributed by atoms with Crippen molar-refractivity contribution in [3.63, 3.8) is 0 Å². The van der Waals surface area contributed by atoms with Crippen LogP contribution in [-0.4, -0.2) is 77.3 Å². The van der Waals surface area contributed by atoms with Gasteiger partial charge in [0.15, 0.2) is 5.96 Å². The van der Waals surface area contributed by atoms with Gasteiger partial charge in [0.2, 0.25) is 29.5 Å². The first-order valence-electron chi connectivity index (χ1n) is 10.8. The topological polar surface area (TPSA) is 301 Å². The van der Waals surface area contributed by atoms with Crippen molar-refractivity contribution in [2.75, 3.05) is 6.54 Å². The lowest BCUT2D eigenvalue weighted by Crippen LogP contribution is -2.57. The molecule has 0 bridgehead atoms. The third-order valence-electron chi connectivity index (χ3n) is 4.66. The molecule has 16 nitrogen and oxygen atoms in total. The van der Waals surface area contributed by atoms with Gasteiger partial charge in [-0.05, 0) is 32.6 Å². The Balaban J connectivity index is 5.52. The van der Waals surface area contributed by atoms with Crippen LogP contribution in [0.15, 0.2) is 4.99 Å². The van der Waals surface area contributed by atoms with E-state index in [2.05, 4.69) is 20.9 Å². The van der Waals surface area contributed by atoms with Gasteiger partial charge in [-0.1, -0.05) is 0 Å². The normalized spacial score (nSPS) is 13.9. The van der Waals surface area contributed by atoms with Gasteiger partial charge in [-0.3, -0.25) is 33.8 Å². The monoisotopic (exact) mass is 501 g/mol. The predicted molar refractivity (Wildman–Crippen MR) is 124 cm³/mol. The van der Waals surface area contributed by atoms with Crippen LogP contribution in [0, 0.1) is 0 Å². The van der Waals surface area contributed by atoms with Crippen LogP contribution in [0.4, 0.5) is 0 Å². The Kier molecular flexibility index (Phi) is 14.0. The number of amides is 5. The van der Waals surface area contributed by atoms with E-state index in [1.807, 2.05) is 0 Å². The zero-order chi connectivity index (χ0) is 27.1. The number of carboxylic acid groups (broad SMARTS) is 1. The molecule has 0 saturated carbocycles. The van der Waals surface area contributed by atoms with E-state index < -0.39 is 59.7 Å². The predicted octanol–water partition coefficient (Wildman–Crippen LogP) is -4.54. The van der Waals surface area contributed by atoms with Crippen LogP contribution in [0.5, 0.6) is 0 Å². The molecular weight excluding hydrogens is 466 g/mol. The highest BCUT2D eigenvalue weighted by molar-refractivity contribution is 5.94. The quantitative estimate of drug-likeness (QED) is 0.0522. The summed E-state index contributed by atoms with van der Waals surface area (Å²) in [5.41, 5.74) is 26.4. The third kappa shape index (κ3) is 14.0. The molecule has 0 aliphatic rings. The molecule has 5 amide bonds. The maximum atomic E-state index is 12.9. The molecule has 4 unspecified atom stereocenters. The lowest BCUT2D eigenvalue weighted by atomic mass is 10.1. The molecule has 0 aromatic rings.